The lowest BCUT2D eigenvalue weighted by atomic mass is 10.2. The molecule has 2 heterocycles. The maximum absolute atomic E-state index is 12.5. The van der Waals surface area contributed by atoms with Gasteiger partial charge in [-0.15, -0.1) is 18.3 Å². The Morgan fingerprint density at radius 2 is 1.86 bits per heavy atom. The summed E-state index contributed by atoms with van der Waals surface area (Å²) in [6.45, 7) is 1.98. The predicted octanol–water partition coefficient (Wildman–Crippen LogP) is 3.69. The molecule has 2 aromatic carbocycles. The van der Waals surface area contributed by atoms with Crippen molar-refractivity contribution < 1.29 is 30.8 Å². The molecule has 4 aromatic rings. The van der Waals surface area contributed by atoms with Crippen LogP contribution in [0, 0.1) is 6.92 Å². The molecule has 0 bridgehead atoms. The Balaban J connectivity index is 1.32. The second kappa shape index (κ2) is 9.02. The van der Waals surface area contributed by atoms with Crippen molar-refractivity contribution in [3.8, 4) is 28.9 Å². The summed E-state index contributed by atoms with van der Waals surface area (Å²) >= 11 is 0. The lowest BCUT2D eigenvalue weighted by Crippen LogP contribution is -2.25. The third kappa shape index (κ3) is 5.54. The molecule has 0 radical (unpaired) electrons. The summed E-state index contributed by atoms with van der Waals surface area (Å²) in [5, 5.41) is 8.23. The molecule has 0 unspecified atom stereocenters. The van der Waals surface area contributed by atoms with Crippen LogP contribution in [0.3, 0.4) is 0 Å². The van der Waals surface area contributed by atoms with E-state index in [1.807, 2.05) is 0 Å². The highest BCUT2D eigenvalue weighted by atomic mass is 32.2. The van der Waals surface area contributed by atoms with Crippen molar-refractivity contribution in [2.75, 3.05) is 0 Å². The van der Waals surface area contributed by atoms with Crippen LogP contribution >= 0.6 is 0 Å². The maximum atomic E-state index is 12.5. The van der Waals surface area contributed by atoms with Gasteiger partial charge in [-0.05, 0) is 61.7 Å². The topological polar surface area (TPSA) is 125 Å². The number of aromatic nitrogens is 5. The van der Waals surface area contributed by atoms with Crippen LogP contribution in [-0.2, 0) is 16.6 Å². The fourth-order valence-corrected chi connectivity index (χ4v) is 4.75. The van der Waals surface area contributed by atoms with E-state index >= 15 is 0 Å². The van der Waals surface area contributed by atoms with E-state index in [4.69, 9.17) is 4.52 Å². The van der Waals surface area contributed by atoms with Gasteiger partial charge in [-0.2, -0.15) is 4.98 Å². The minimum Gasteiger partial charge on any atom is -0.406 e. The molecule has 1 fully saturated rings. The minimum absolute atomic E-state index is 0.00392. The molecular weight excluding hydrogens is 501 g/mol. The van der Waals surface area contributed by atoms with Crippen LogP contribution in [0.5, 0.6) is 5.75 Å². The third-order valence-corrected chi connectivity index (χ3v) is 6.78. The first-order valence-corrected chi connectivity index (χ1v) is 12.3. The molecule has 0 spiro atoms. The zero-order chi connectivity index (χ0) is 25.5. The number of hydrogen-bond acceptors (Lipinski definition) is 8. The van der Waals surface area contributed by atoms with E-state index in [1.165, 1.54) is 18.2 Å². The quantitative estimate of drug-likeness (QED) is 0.373. The molecule has 1 N–H and O–H groups in total. The first-order valence-electron chi connectivity index (χ1n) is 10.8. The van der Waals surface area contributed by atoms with Crippen LogP contribution in [0.2, 0.25) is 0 Å². The van der Waals surface area contributed by atoms with Crippen molar-refractivity contribution in [2.45, 2.75) is 43.6 Å². The van der Waals surface area contributed by atoms with E-state index in [0.29, 0.717) is 17.0 Å². The molecule has 0 saturated heterocycles. The van der Waals surface area contributed by atoms with Crippen molar-refractivity contribution in [3.63, 3.8) is 0 Å². The molecule has 5 rings (SSSR count). The van der Waals surface area contributed by atoms with E-state index in [2.05, 4.69) is 29.7 Å². The van der Waals surface area contributed by atoms with Crippen LogP contribution in [0.4, 0.5) is 13.2 Å². The van der Waals surface area contributed by atoms with Gasteiger partial charge in [-0.3, -0.25) is 0 Å². The fraction of sp³-hybridized carbons (Fsp3) is 0.273. The van der Waals surface area contributed by atoms with Crippen LogP contribution in [0.1, 0.15) is 24.2 Å². The molecule has 1 saturated carbocycles. The molecule has 2 aromatic heterocycles. The number of aryl methyl sites for hydroxylation is 1. The number of ether oxygens (including phenoxy) is 1. The van der Waals surface area contributed by atoms with Gasteiger partial charge in [0.15, 0.2) is 0 Å². The number of rotatable bonds is 8. The summed E-state index contributed by atoms with van der Waals surface area (Å²) in [5.74, 6) is 0.475. The van der Waals surface area contributed by atoms with E-state index < -0.39 is 16.4 Å². The van der Waals surface area contributed by atoms with Gasteiger partial charge in [0.05, 0.1) is 11.4 Å². The number of hydrogen-bond donors (Lipinski definition) is 1. The van der Waals surface area contributed by atoms with Crippen molar-refractivity contribution in [1.29, 1.82) is 0 Å². The van der Waals surface area contributed by atoms with E-state index in [-0.39, 0.29) is 40.8 Å². The summed E-state index contributed by atoms with van der Waals surface area (Å²) < 4.78 is 75.4. The largest absolute Gasteiger partial charge is 0.573 e. The second-order valence-corrected chi connectivity index (χ2v) is 9.89. The van der Waals surface area contributed by atoms with Crippen LogP contribution in [0.15, 0.2) is 57.9 Å². The number of benzene rings is 2. The molecule has 188 valence electrons. The number of alkyl halides is 3. The lowest BCUT2D eigenvalue weighted by molar-refractivity contribution is -0.274. The van der Waals surface area contributed by atoms with Gasteiger partial charge in [-0.1, -0.05) is 17.3 Å². The third-order valence-electron chi connectivity index (χ3n) is 5.26. The molecular formula is C22H19F3N6O4S. The second-order valence-electron chi connectivity index (χ2n) is 8.18. The Hall–Kier alpha value is -3.78. The highest BCUT2D eigenvalue weighted by Gasteiger charge is 2.31. The standard InChI is InChI=1S/C22H19F3N6O4S/c1-13-26-20(21-27-19(29-35-21)15-5-9-17(10-6-15)34-22(23,24)25)28-31(13)12-14-3-2-4-18(11-14)36(32,33)30-16-7-8-16/h2-6,9-11,16,30H,7-8,12H2,1H3. The van der Waals surface area contributed by atoms with Crippen LogP contribution < -0.4 is 9.46 Å². The summed E-state index contributed by atoms with van der Waals surface area (Å²) in [6.07, 6.45) is -3.10. The van der Waals surface area contributed by atoms with Crippen molar-refractivity contribution in [2.24, 2.45) is 0 Å². The number of halogens is 3. The molecule has 1 aliphatic rings. The average molecular weight is 520 g/mol. The number of sulfonamides is 1. The summed E-state index contributed by atoms with van der Waals surface area (Å²) in [7, 11) is -3.59. The highest BCUT2D eigenvalue weighted by molar-refractivity contribution is 7.89. The molecule has 0 aliphatic heterocycles. The first kappa shape index (κ1) is 23.9. The van der Waals surface area contributed by atoms with Gasteiger partial charge in [0.1, 0.15) is 11.6 Å². The highest BCUT2D eigenvalue weighted by Crippen LogP contribution is 2.27. The monoisotopic (exact) mass is 520 g/mol. The number of nitrogens with zero attached hydrogens (tertiary/aromatic N) is 5. The summed E-state index contributed by atoms with van der Waals surface area (Å²) in [4.78, 5) is 8.75. The Labute approximate surface area is 203 Å². The lowest BCUT2D eigenvalue weighted by Gasteiger charge is -2.08. The van der Waals surface area contributed by atoms with Gasteiger partial charge in [0, 0.05) is 11.6 Å². The van der Waals surface area contributed by atoms with Gasteiger partial charge >= 0.3 is 6.36 Å². The van der Waals surface area contributed by atoms with Gasteiger partial charge in [0.2, 0.25) is 21.7 Å². The van der Waals surface area contributed by atoms with Crippen LogP contribution in [-0.4, -0.2) is 45.7 Å². The smallest absolute Gasteiger partial charge is 0.406 e. The zero-order valence-electron chi connectivity index (χ0n) is 18.7. The summed E-state index contributed by atoms with van der Waals surface area (Å²) in [6, 6.07) is 11.6. The van der Waals surface area contributed by atoms with Gasteiger partial charge in [0.25, 0.3) is 5.89 Å². The SMILES string of the molecule is Cc1nc(-c2nc(-c3ccc(OC(F)(F)F)cc3)no2)nn1Cc1cccc(S(=O)(=O)NC2CC2)c1. The Morgan fingerprint density at radius 3 is 2.56 bits per heavy atom. The molecule has 0 atom stereocenters. The van der Waals surface area contributed by atoms with Gasteiger partial charge < -0.3 is 9.26 Å². The Bertz CT molecular complexity index is 1490. The zero-order valence-corrected chi connectivity index (χ0v) is 19.5. The number of nitrogens with one attached hydrogen (secondary N) is 1. The summed E-state index contributed by atoms with van der Waals surface area (Å²) in [5.41, 5.74) is 1.12. The molecule has 10 nitrogen and oxygen atoms in total. The van der Waals surface area contributed by atoms with Gasteiger partial charge in [-0.25, -0.2) is 22.8 Å². The molecule has 14 heteroatoms. The predicted molar refractivity (Wildman–Crippen MR) is 119 cm³/mol. The minimum atomic E-state index is -4.79. The van der Waals surface area contributed by atoms with E-state index in [0.717, 1.165) is 25.0 Å². The Kier molecular flexibility index (Phi) is 6.00. The fourth-order valence-electron chi connectivity index (χ4n) is 3.37. The molecule has 36 heavy (non-hydrogen) atoms. The van der Waals surface area contributed by atoms with E-state index in [9.17, 15) is 21.6 Å². The molecule has 0 amide bonds. The normalized spacial score (nSPS) is 14.2. The Morgan fingerprint density at radius 1 is 1.11 bits per heavy atom. The maximum Gasteiger partial charge on any atom is 0.573 e. The van der Waals surface area contributed by atoms with E-state index in [1.54, 1.807) is 29.8 Å². The first-order chi connectivity index (χ1) is 17.1. The molecule has 1 aliphatic carbocycles. The van der Waals surface area contributed by atoms with Crippen LogP contribution in [0.25, 0.3) is 23.1 Å². The van der Waals surface area contributed by atoms with Crippen molar-refractivity contribution in [1.82, 2.24) is 29.6 Å². The van der Waals surface area contributed by atoms with Crippen molar-refractivity contribution >= 4 is 10.0 Å². The average Bonchev–Trinajstić information content (AvgIpc) is 3.34. The van der Waals surface area contributed by atoms with Crippen molar-refractivity contribution in [3.05, 3.63) is 59.9 Å².